The maximum atomic E-state index is 13.1. The minimum absolute atomic E-state index is 0.0744. The first-order valence-corrected chi connectivity index (χ1v) is 9.94. The van der Waals surface area contributed by atoms with Crippen LogP contribution in [-0.2, 0) is 0 Å². The van der Waals surface area contributed by atoms with Crippen molar-refractivity contribution in [2.45, 2.75) is 0 Å². The van der Waals surface area contributed by atoms with E-state index in [1.807, 2.05) is 40.1 Å². The summed E-state index contributed by atoms with van der Waals surface area (Å²) in [6.07, 6.45) is 5.46. The lowest BCUT2D eigenvalue weighted by Gasteiger charge is -2.35. The van der Waals surface area contributed by atoms with Crippen molar-refractivity contribution >= 4 is 11.7 Å². The van der Waals surface area contributed by atoms with Crippen LogP contribution in [0.25, 0.3) is 5.82 Å². The van der Waals surface area contributed by atoms with Crippen LogP contribution in [0, 0.1) is 0 Å². The van der Waals surface area contributed by atoms with E-state index in [2.05, 4.69) is 14.9 Å². The topological polar surface area (TPSA) is 82.0 Å². The fourth-order valence-electron chi connectivity index (χ4n) is 3.66. The molecule has 9 nitrogen and oxygen atoms in total. The highest BCUT2D eigenvalue weighted by atomic mass is 16.5. The number of anilines is 1. The smallest absolute Gasteiger partial charge is 0.254 e. The molecule has 0 saturated carbocycles. The molecular formula is C22H25N5O4. The molecular weight excluding hydrogens is 398 g/mol. The van der Waals surface area contributed by atoms with Crippen molar-refractivity contribution in [1.29, 1.82) is 0 Å². The van der Waals surface area contributed by atoms with Crippen LogP contribution in [0.4, 0.5) is 5.82 Å². The Balaban J connectivity index is 1.47. The fraction of sp³-hybridized carbons (Fsp3) is 0.318. The van der Waals surface area contributed by atoms with Crippen LogP contribution in [-0.4, -0.2) is 72.9 Å². The number of aromatic nitrogens is 3. The number of amides is 1. The number of nitrogens with zero attached hydrogens (tertiary/aromatic N) is 5. The van der Waals surface area contributed by atoms with Gasteiger partial charge in [-0.05, 0) is 24.3 Å². The average Bonchev–Trinajstić information content (AvgIpc) is 3.38. The quantitative estimate of drug-likeness (QED) is 0.601. The van der Waals surface area contributed by atoms with Crippen LogP contribution in [0.5, 0.6) is 17.2 Å². The second-order valence-corrected chi connectivity index (χ2v) is 7.02. The zero-order valence-electron chi connectivity index (χ0n) is 17.8. The first kappa shape index (κ1) is 20.5. The van der Waals surface area contributed by atoms with Gasteiger partial charge in [-0.3, -0.25) is 4.79 Å². The number of carbonyl (C=O) groups is 1. The second-order valence-electron chi connectivity index (χ2n) is 7.02. The number of hydrogen-bond acceptors (Lipinski definition) is 7. The predicted molar refractivity (Wildman–Crippen MR) is 116 cm³/mol. The third-order valence-corrected chi connectivity index (χ3v) is 5.31. The van der Waals surface area contributed by atoms with E-state index in [0.717, 1.165) is 11.6 Å². The van der Waals surface area contributed by atoms with Gasteiger partial charge in [-0.15, -0.1) is 0 Å². The van der Waals surface area contributed by atoms with Crippen LogP contribution in [0.3, 0.4) is 0 Å². The molecule has 1 aliphatic heterocycles. The molecule has 0 unspecified atom stereocenters. The van der Waals surface area contributed by atoms with E-state index in [1.54, 1.807) is 18.5 Å². The van der Waals surface area contributed by atoms with Gasteiger partial charge in [-0.1, -0.05) is 0 Å². The lowest BCUT2D eigenvalue weighted by Crippen LogP contribution is -2.49. The van der Waals surface area contributed by atoms with Crippen molar-refractivity contribution in [3.8, 4) is 23.1 Å². The van der Waals surface area contributed by atoms with E-state index in [-0.39, 0.29) is 5.91 Å². The maximum Gasteiger partial charge on any atom is 0.254 e. The number of carbonyl (C=O) groups excluding carboxylic acids is 1. The Morgan fingerprint density at radius 1 is 0.839 bits per heavy atom. The lowest BCUT2D eigenvalue weighted by atomic mass is 10.1. The number of methoxy groups -OCH3 is 3. The summed E-state index contributed by atoms with van der Waals surface area (Å²) < 4.78 is 18.0. The van der Waals surface area contributed by atoms with Crippen molar-refractivity contribution in [3.05, 3.63) is 54.6 Å². The number of piperazine rings is 1. The molecule has 1 aromatic carbocycles. The Kier molecular flexibility index (Phi) is 5.92. The highest BCUT2D eigenvalue weighted by Crippen LogP contribution is 2.38. The molecule has 0 N–H and O–H groups in total. The van der Waals surface area contributed by atoms with Crippen LogP contribution in [0.2, 0.25) is 0 Å². The highest BCUT2D eigenvalue weighted by molar-refractivity contribution is 5.95. The molecule has 3 aromatic rings. The summed E-state index contributed by atoms with van der Waals surface area (Å²) in [7, 11) is 4.61. The molecule has 2 aromatic heterocycles. The van der Waals surface area contributed by atoms with Gasteiger partial charge in [0.25, 0.3) is 5.91 Å². The fourth-order valence-corrected chi connectivity index (χ4v) is 3.66. The molecule has 0 spiro atoms. The SMILES string of the molecule is COc1cc(C(=O)N2CCN(c3cc(-n4cccc4)ncn3)CC2)cc(OC)c1OC. The van der Waals surface area contributed by atoms with Crippen LogP contribution < -0.4 is 19.1 Å². The van der Waals surface area contributed by atoms with Gasteiger partial charge in [0.1, 0.15) is 18.0 Å². The number of ether oxygens (including phenoxy) is 3. The van der Waals surface area contributed by atoms with E-state index in [4.69, 9.17) is 14.2 Å². The average molecular weight is 423 g/mol. The van der Waals surface area contributed by atoms with Gasteiger partial charge in [0.05, 0.1) is 21.3 Å². The maximum absolute atomic E-state index is 13.1. The van der Waals surface area contributed by atoms with E-state index < -0.39 is 0 Å². The molecule has 0 atom stereocenters. The first-order valence-electron chi connectivity index (χ1n) is 9.94. The lowest BCUT2D eigenvalue weighted by molar-refractivity contribution is 0.0745. The van der Waals surface area contributed by atoms with Gasteiger partial charge in [0.2, 0.25) is 5.75 Å². The molecule has 9 heteroatoms. The molecule has 1 fully saturated rings. The zero-order valence-corrected chi connectivity index (χ0v) is 17.8. The Bertz CT molecular complexity index is 1020. The van der Waals surface area contributed by atoms with E-state index in [9.17, 15) is 4.79 Å². The minimum atomic E-state index is -0.0744. The molecule has 4 rings (SSSR count). The van der Waals surface area contributed by atoms with Crippen molar-refractivity contribution in [1.82, 2.24) is 19.4 Å². The Morgan fingerprint density at radius 3 is 2.03 bits per heavy atom. The van der Waals surface area contributed by atoms with Crippen LogP contribution >= 0.6 is 0 Å². The molecule has 1 amide bonds. The molecule has 31 heavy (non-hydrogen) atoms. The summed E-state index contributed by atoms with van der Waals surface area (Å²) in [6, 6.07) is 9.23. The van der Waals surface area contributed by atoms with Crippen molar-refractivity contribution in [2.75, 3.05) is 52.4 Å². The summed E-state index contributed by atoms with van der Waals surface area (Å²) in [5.41, 5.74) is 0.500. The van der Waals surface area contributed by atoms with Gasteiger partial charge in [0, 0.05) is 50.2 Å². The van der Waals surface area contributed by atoms with Crippen LogP contribution in [0.1, 0.15) is 10.4 Å². The monoisotopic (exact) mass is 423 g/mol. The number of benzene rings is 1. The Hall–Kier alpha value is -3.75. The Morgan fingerprint density at radius 2 is 1.45 bits per heavy atom. The van der Waals surface area contributed by atoms with E-state index in [1.165, 1.54) is 21.3 Å². The third-order valence-electron chi connectivity index (χ3n) is 5.31. The number of hydrogen-bond donors (Lipinski definition) is 0. The standard InChI is InChI=1S/C22H25N5O4/c1-29-17-12-16(13-18(30-2)21(17)31-3)22(28)27-10-8-26(9-11-27)20-14-19(23-15-24-20)25-6-4-5-7-25/h4-7,12-15H,8-11H2,1-3H3. The normalized spacial score (nSPS) is 13.8. The molecule has 1 aliphatic rings. The van der Waals surface area contributed by atoms with Gasteiger partial charge in [-0.2, -0.15) is 0 Å². The zero-order chi connectivity index (χ0) is 21.8. The molecule has 0 radical (unpaired) electrons. The molecule has 0 aliphatic carbocycles. The van der Waals surface area contributed by atoms with Crippen molar-refractivity contribution < 1.29 is 19.0 Å². The van der Waals surface area contributed by atoms with Crippen molar-refractivity contribution in [3.63, 3.8) is 0 Å². The van der Waals surface area contributed by atoms with Gasteiger partial charge < -0.3 is 28.6 Å². The van der Waals surface area contributed by atoms with E-state index >= 15 is 0 Å². The summed E-state index contributed by atoms with van der Waals surface area (Å²) in [5, 5.41) is 0. The van der Waals surface area contributed by atoms with E-state index in [0.29, 0.717) is 49.0 Å². The van der Waals surface area contributed by atoms with Crippen molar-refractivity contribution in [2.24, 2.45) is 0 Å². The predicted octanol–water partition coefficient (Wildman–Crippen LogP) is 2.26. The third kappa shape index (κ3) is 4.11. The Labute approximate surface area is 180 Å². The molecule has 3 heterocycles. The molecule has 1 saturated heterocycles. The molecule has 0 bridgehead atoms. The molecule has 162 valence electrons. The second kappa shape index (κ2) is 8.95. The van der Waals surface area contributed by atoms with Gasteiger partial charge >= 0.3 is 0 Å². The minimum Gasteiger partial charge on any atom is -0.493 e. The summed E-state index contributed by atoms with van der Waals surface area (Å²) >= 11 is 0. The summed E-state index contributed by atoms with van der Waals surface area (Å²) in [4.78, 5) is 25.8. The largest absolute Gasteiger partial charge is 0.493 e. The first-order chi connectivity index (χ1) is 15.1. The summed E-state index contributed by atoms with van der Waals surface area (Å²) in [6.45, 7) is 2.52. The van der Waals surface area contributed by atoms with Gasteiger partial charge in [0.15, 0.2) is 11.5 Å². The van der Waals surface area contributed by atoms with Gasteiger partial charge in [-0.25, -0.2) is 9.97 Å². The van der Waals surface area contributed by atoms with Crippen LogP contribution in [0.15, 0.2) is 49.1 Å². The highest BCUT2D eigenvalue weighted by Gasteiger charge is 2.25. The summed E-state index contributed by atoms with van der Waals surface area (Å²) in [5.74, 6) is 2.97. The number of rotatable bonds is 6.